The third kappa shape index (κ3) is 2.69. The van der Waals surface area contributed by atoms with Crippen LogP contribution < -0.4 is 0 Å². The molecule has 74 valence electrons. The van der Waals surface area contributed by atoms with E-state index >= 15 is 0 Å². The van der Waals surface area contributed by atoms with Crippen LogP contribution in [-0.4, -0.2) is 17.4 Å². The lowest BCUT2D eigenvalue weighted by atomic mass is 10.2. The largest absolute Gasteiger partial charge is 0.276 e. The molecule has 0 saturated heterocycles. The van der Waals surface area contributed by atoms with E-state index in [2.05, 4.69) is 9.98 Å². The average Bonchev–Trinajstić information content (AvgIpc) is 2.18. The van der Waals surface area contributed by atoms with Gasteiger partial charge in [0.15, 0.2) is 0 Å². The second kappa shape index (κ2) is 4.98. The maximum absolute atomic E-state index is 10.9. The lowest BCUT2D eigenvalue weighted by Crippen LogP contribution is -1.88. The molecule has 0 aliphatic carbocycles. The molecule has 1 rings (SSSR count). The summed E-state index contributed by atoms with van der Waals surface area (Å²) in [6, 6.07) is 3.94. The Morgan fingerprint density at radius 2 is 1.87 bits per heavy atom. The standard InChI is InChI=1S/C9H3ClN2O3/c10-9(15)7-2-1-6(11-4-13)3-8(7)12-5-14/h1-3H. The van der Waals surface area contributed by atoms with Gasteiger partial charge in [0, 0.05) is 0 Å². The molecule has 6 heteroatoms. The molecule has 0 N–H and O–H groups in total. The van der Waals surface area contributed by atoms with Gasteiger partial charge in [0.1, 0.15) is 0 Å². The van der Waals surface area contributed by atoms with Crippen molar-refractivity contribution in [1.82, 2.24) is 0 Å². The Kier molecular flexibility index (Phi) is 3.66. The molecular weight excluding hydrogens is 220 g/mol. The van der Waals surface area contributed by atoms with Crippen molar-refractivity contribution in [1.29, 1.82) is 0 Å². The van der Waals surface area contributed by atoms with Crippen molar-refractivity contribution in [3.63, 3.8) is 0 Å². The molecule has 0 aliphatic rings. The predicted octanol–water partition coefficient (Wildman–Crippen LogP) is 2.00. The fourth-order valence-electron chi connectivity index (χ4n) is 0.950. The number of benzene rings is 1. The van der Waals surface area contributed by atoms with Gasteiger partial charge in [0.05, 0.1) is 16.9 Å². The lowest BCUT2D eigenvalue weighted by molar-refractivity contribution is 0.108. The SMILES string of the molecule is O=C=Nc1ccc(C(=O)Cl)c(N=C=O)c1. The minimum Gasteiger partial charge on any atom is -0.276 e. The molecule has 0 amide bonds. The van der Waals surface area contributed by atoms with Gasteiger partial charge in [-0.1, -0.05) is 0 Å². The molecule has 0 aromatic heterocycles. The van der Waals surface area contributed by atoms with Crippen molar-refractivity contribution in [3.8, 4) is 0 Å². The van der Waals surface area contributed by atoms with Crippen molar-refractivity contribution in [2.45, 2.75) is 0 Å². The Morgan fingerprint density at radius 1 is 1.20 bits per heavy atom. The number of aliphatic imine (C=N–C) groups is 2. The van der Waals surface area contributed by atoms with Crippen LogP contribution in [0.1, 0.15) is 10.4 Å². The Hall–Kier alpha value is -2.06. The number of nitrogens with zero attached hydrogens (tertiary/aromatic N) is 2. The first-order valence-corrected chi connectivity index (χ1v) is 4.06. The van der Waals surface area contributed by atoms with Gasteiger partial charge < -0.3 is 0 Å². The highest BCUT2D eigenvalue weighted by atomic mass is 35.5. The number of carbonyl (C=O) groups is 1. The molecule has 0 heterocycles. The molecule has 1 aromatic carbocycles. The Bertz CT molecular complexity index is 500. The zero-order chi connectivity index (χ0) is 11.3. The lowest BCUT2D eigenvalue weighted by Gasteiger charge is -1.98. The summed E-state index contributed by atoms with van der Waals surface area (Å²) in [6.07, 6.45) is 2.59. The van der Waals surface area contributed by atoms with Crippen LogP contribution in [0.2, 0.25) is 0 Å². The number of hydrogen-bond donors (Lipinski definition) is 0. The van der Waals surface area contributed by atoms with E-state index < -0.39 is 5.24 Å². The van der Waals surface area contributed by atoms with Crippen molar-refractivity contribution in [2.24, 2.45) is 9.98 Å². The van der Waals surface area contributed by atoms with Gasteiger partial charge in [-0.25, -0.2) is 9.59 Å². The van der Waals surface area contributed by atoms with E-state index in [1.807, 2.05) is 0 Å². The summed E-state index contributed by atoms with van der Waals surface area (Å²) < 4.78 is 0. The summed E-state index contributed by atoms with van der Waals surface area (Å²) >= 11 is 5.24. The first-order chi connectivity index (χ1) is 7.19. The first kappa shape index (κ1) is 11.0. The highest BCUT2D eigenvalue weighted by molar-refractivity contribution is 6.68. The molecule has 0 radical (unpaired) electrons. The minimum atomic E-state index is -0.759. The van der Waals surface area contributed by atoms with Gasteiger partial charge >= 0.3 is 0 Å². The van der Waals surface area contributed by atoms with E-state index in [1.54, 1.807) is 0 Å². The second-order valence-electron chi connectivity index (χ2n) is 2.38. The van der Waals surface area contributed by atoms with E-state index in [4.69, 9.17) is 11.6 Å². The Balaban J connectivity index is 3.38. The number of hydrogen-bond acceptors (Lipinski definition) is 5. The molecule has 0 saturated carbocycles. The van der Waals surface area contributed by atoms with Crippen molar-refractivity contribution < 1.29 is 14.4 Å². The second-order valence-corrected chi connectivity index (χ2v) is 2.72. The number of isocyanates is 2. The molecule has 1 aromatic rings. The van der Waals surface area contributed by atoms with E-state index in [9.17, 15) is 14.4 Å². The van der Waals surface area contributed by atoms with Gasteiger partial charge in [-0.05, 0) is 29.8 Å². The molecule has 0 fully saturated rings. The van der Waals surface area contributed by atoms with Crippen LogP contribution in [0, 0.1) is 0 Å². The van der Waals surface area contributed by atoms with Crippen LogP contribution in [0.15, 0.2) is 28.2 Å². The number of carbonyl (C=O) groups excluding carboxylic acids is 3. The summed E-state index contributed by atoms with van der Waals surface area (Å²) in [5.41, 5.74) is 0.284. The molecular formula is C9H3ClN2O3. The normalized spacial score (nSPS) is 8.60. The van der Waals surface area contributed by atoms with Crippen LogP contribution in [0.3, 0.4) is 0 Å². The molecule has 0 aliphatic heterocycles. The topological polar surface area (TPSA) is 75.9 Å². The Morgan fingerprint density at radius 3 is 2.40 bits per heavy atom. The molecule has 0 atom stereocenters. The highest BCUT2D eigenvalue weighted by Gasteiger charge is 2.09. The first-order valence-electron chi connectivity index (χ1n) is 3.68. The van der Waals surface area contributed by atoms with Gasteiger partial charge in [-0.3, -0.25) is 4.79 Å². The number of halogens is 1. The van der Waals surface area contributed by atoms with Crippen LogP contribution in [0.25, 0.3) is 0 Å². The van der Waals surface area contributed by atoms with Crippen LogP contribution in [-0.2, 0) is 9.59 Å². The summed E-state index contributed by atoms with van der Waals surface area (Å²) in [5, 5.41) is -0.759. The number of rotatable bonds is 3. The monoisotopic (exact) mass is 222 g/mol. The zero-order valence-electron chi connectivity index (χ0n) is 7.23. The highest BCUT2D eigenvalue weighted by Crippen LogP contribution is 2.26. The predicted molar refractivity (Wildman–Crippen MR) is 52.2 cm³/mol. The maximum atomic E-state index is 10.9. The molecule has 5 nitrogen and oxygen atoms in total. The summed E-state index contributed by atoms with van der Waals surface area (Å²) in [7, 11) is 0. The van der Waals surface area contributed by atoms with Crippen LogP contribution in [0.5, 0.6) is 0 Å². The smallest absolute Gasteiger partial charge is 0.254 e. The Labute approximate surface area is 89.1 Å². The summed E-state index contributed by atoms with van der Waals surface area (Å²) in [4.78, 5) is 37.5. The van der Waals surface area contributed by atoms with Crippen molar-refractivity contribution >= 4 is 40.4 Å². The zero-order valence-corrected chi connectivity index (χ0v) is 7.99. The minimum absolute atomic E-state index is 0.0153. The van der Waals surface area contributed by atoms with Gasteiger partial charge in [-0.2, -0.15) is 9.98 Å². The van der Waals surface area contributed by atoms with Gasteiger partial charge in [0.2, 0.25) is 12.2 Å². The quantitative estimate of drug-likeness (QED) is 0.446. The van der Waals surface area contributed by atoms with Crippen molar-refractivity contribution in [2.75, 3.05) is 0 Å². The van der Waals surface area contributed by atoms with Crippen LogP contribution >= 0.6 is 11.6 Å². The van der Waals surface area contributed by atoms with E-state index in [1.165, 1.54) is 30.4 Å². The van der Waals surface area contributed by atoms with E-state index in [0.717, 1.165) is 0 Å². The fourth-order valence-corrected chi connectivity index (χ4v) is 1.11. The summed E-state index contributed by atoms with van der Waals surface area (Å²) in [5.74, 6) is 0. The molecule has 0 unspecified atom stereocenters. The van der Waals surface area contributed by atoms with E-state index in [0.29, 0.717) is 0 Å². The third-order valence-corrected chi connectivity index (χ3v) is 1.74. The molecule has 0 bridgehead atoms. The summed E-state index contributed by atoms with van der Waals surface area (Å²) in [6.45, 7) is 0. The van der Waals surface area contributed by atoms with Gasteiger partial charge in [-0.15, -0.1) is 0 Å². The fraction of sp³-hybridized carbons (Fsp3) is 0. The van der Waals surface area contributed by atoms with E-state index in [-0.39, 0.29) is 16.9 Å². The molecule has 0 spiro atoms. The average molecular weight is 223 g/mol. The van der Waals surface area contributed by atoms with Crippen LogP contribution in [0.4, 0.5) is 11.4 Å². The third-order valence-electron chi connectivity index (χ3n) is 1.53. The van der Waals surface area contributed by atoms with Crippen molar-refractivity contribution in [3.05, 3.63) is 23.8 Å². The van der Waals surface area contributed by atoms with Gasteiger partial charge in [0.25, 0.3) is 5.24 Å². The maximum Gasteiger partial charge on any atom is 0.254 e. The molecule has 15 heavy (non-hydrogen) atoms.